The van der Waals surface area contributed by atoms with Gasteiger partial charge in [-0.3, -0.25) is 4.68 Å². The fourth-order valence-electron chi connectivity index (χ4n) is 1.41. The number of rotatable bonds is 5. The molecule has 0 aliphatic heterocycles. The second kappa shape index (κ2) is 5.46. The first-order valence-electron chi connectivity index (χ1n) is 5.81. The molecule has 1 aromatic heterocycles. The molecule has 0 aliphatic carbocycles. The first kappa shape index (κ1) is 13.2. The van der Waals surface area contributed by atoms with Crippen LogP contribution < -0.4 is 5.32 Å². The van der Waals surface area contributed by atoms with Gasteiger partial charge in [0.05, 0.1) is 11.7 Å². The molecule has 1 atom stereocenters. The van der Waals surface area contributed by atoms with E-state index in [1.807, 2.05) is 10.9 Å². The average molecular weight is 225 g/mol. The number of nitrogens with one attached hydrogen (secondary N) is 1. The zero-order valence-electron chi connectivity index (χ0n) is 10.7. The summed E-state index contributed by atoms with van der Waals surface area (Å²) in [6.45, 7) is 9.50. The van der Waals surface area contributed by atoms with Crippen molar-refractivity contribution < 1.29 is 5.11 Å². The number of nitrogens with zero attached hydrogens (tertiary/aromatic N) is 2. The lowest BCUT2D eigenvalue weighted by Crippen LogP contribution is -2.26. The summed E-state index contributed by atoms with van der Waals surface area (Å²) in [6, 6.07) is 0.336. The van der Waals surface area contributed by atoms with E-state index in [1.165, 1.54) is 5.56 Å². The van der Waals surface area contributed by atoms with Crippen LogP contribution in [0.1, 0.15) is 39.7 Å². The lowest BCUT2D eigenvalue weighted by molar-refractivity contribution is 0.268. The van der Waals surface area contributed by atoms with E-state index < -0.39 is 0 Å². The number of aromatic nitrogens is 2. The van der Waals surface area contributed by atoms with E-state index in [0.717, 1.165) is 13.0 Å². The van der Waals surface area contributed by atoms with Crippen molar-refractivity contribution in [2.45, 2.75) is 52.2 Å². The van der Waals surface area contributed by atoms with Gasteiger partial charge in [0, 0.05) is 31.0 Å². The van der Waals surface area contributed by atoms with Crippen molar-refractivity contribution in [1.29, 1.82) is 0 Å². The third-order valence-corrected chi connectivity index (χ3v) is 2.54. The number of aliphatic hydroxyl groups excluding tert-OH is 1. The summed E-state index contributed by atoms with van der Waals surface area (Å²) in [5.41, 5.74) is 1.22. The van der Waals surface area contributed by atoms with Crippen LogP contribution in [-0.2, 0) is 12.1 Å². The smallest absolute Gasteiger partial charge is 0.0543 e. The van der Waals surface area contributed by atoms with Crippen molar-refractivity contribution in [3.05, 3.63) is 18.0 Å². The van der Waals surface area contributed by atoms with Gasteiger partial charge in [-0.05, 0) is 34.1 Å². The van der Waals surface area contributed by atoms with Crippen molar-refractivity contribution in [1.82, 2.24) is 15.1 Å². The van der Waals surface area contributed by atoms with Crippen LogP contribution in [-0.4, -0.2) is 27.5 Å². The fraction of sp³-hybridized carbons (Fsp3) is 0.750. The maximum Gasteiger partial charge on any atom is 0.0543 e. The number of hydrogen-bond acceptors (Lipinski definition) is 3. The van der Waals surface area contributed by atoms with Gasteiger partial charge < -0.3 is 10.4 Å². The molecule has 0 saturated carbocycles. The van der Waals surface area contributed by atoms with Crippen LogP contribution in [0.2, 0.25) is 0 Å². The van der Waals surface area contributed by atoms with Crippen LogP contribution in [0.25, 0.3) is 0 Å². The molecule has 16 heavy (non-hydrogen) atoms. The Bertz CT molecular complexity index is 314. The Hall–Kier alpha value is -0.870. The van der Waals surface area contributed by atoms with Crippen molar-refractivity contribution >= 4 is 0 Å². The second-order valence-corrected chi connectivity index (χ2v) is 5.26. The molecule has 0 unspecified atom stereocenters. The third kappa shape index (κ3) is 3.94. The molecule has 1 rings (SSSR count). The molecule has 4 heteroatoms. The summed E-state index contributed by atoms with van der Waals surface area (Å²) in [5.74, 6) is 0. The Balaban J connectivity index is 2.47. The van der Waals surface area contributed by atoms with E-state index in [0.29, 0.717) is 6.04 Å². The molecular weight excluding hydrogens is 202 g/mol. The Morgan fingerprint density at radius 2 is 2.19 bits per heavy atom. The second-order valence-electron chi connectivity index (χ2n) is 5.26. The van der Waals surface area contributed by atoms with Gasteiger partial charge in [0.2, 0.25) is 0 Å². The van der Waals surface area contributed by atoms with Crippen LogP contribution >= 0.6 is 0 Å². The Morgan fingerprint density at radius 1 is 1.50 bits per heavy atom. The molecule has 0 radical (unpaired) electrons. The summed E-state index contributed by atoms with van der Waals surface area (Å²) in [7, 11) is 0. The minimum absolute atomic E-state index is 0.0367. The monoisotopic (exact) mass is 225 g/mol. The van der Waals surface area contributed by atoms with Gasteiger partial charge in [0.1, 0.15) is 0 Å². The van der Waals surface area contributed by atoms with Gasteiger partial charge in [-0.25, -0.2) is 0 Å². The average Bonchev–Trinajstić information content (AvgIpc) is 2.63. The summed E-state index contributed by atoms with van der Waals surface area (Å²) in [4.78, 5) is 0. The van der Waals surface area contributed by atoms with E-state index in [9.17, 15) is 0 Å². The lowest BCUT2D eigenvalue weighted by atomic mass is 10.1. The maximum absolute atomic E-state index is 8.79. The molecule has 92 valence electrons. The minimum atomic E-state index is 0.0367. The molecule has 0 spiro atoms. The maximum atomic E-state index is 8.79. The highest BCUT2D eigenvalue weighted by atomic mass is 16.3. The summed E-state index contributed by atoms with van der Waals surface area (Å²) >= 11 is 0. The molecular formula is C12H23N3O. The van der Waals surface area contributed by atoms with Gasteiger partial charge in [0.25, 0.3) is 0 Å². The molecule has 0 aliphatic rings. The summed E-state index contributed by atoms with van der Waals surface area (Å²) in [5, 5.41) is 16.5. The van der Waals surface area contributed by atoms with Gasteiger partial charge in [-0.2, -0.15) is 5.10 Å². The predicted molar refractivity (Wildman–Crippen MR) is 65.2 cm³/mol. The standard InChI is InChI=1S/C12H23N3O/c1-10(5-6-16)13-7-11-8-14-15(9-11)12(2,3)4/h8-10,13,16H,5-7H2,1-4H3/t10-/m1/s1. The van der Waals surface area contributed by atoms with Gasteiger partial charge in [0.15, 0.2) is 0 Å². The van der Waals surface area contributed by atoms with Crippen LogP contribution in [0.5, 0.6) is 0 Å². The lowest BCUT2D eigenvalue weighted by Gasteiger charge is -2.18. The fourth-order valence-corrected chi connectivity index (χ4v) is 1.41. The van der Waals surface area contributed by atoms with Crippen LogP contribution in [0.4, 0.5) is 0 Å². The Kier molecular flexibility index (Phi) is 4.50. The minimum Gasteiger partial charge on any atom is -0.396 e. The van der Waals surface area contributed by atoms with E-state index in [1.54, 1.807) is 0 Å². The first-order chi connectivity index (χ1) is 7.43. The predicted octanol–water partition coefficient (Wildman–Crippen LogP) is 1.50. The zero-order chi connectivity index (χ0) is 12.2. The molecule has 4 nitrogen and oxygen atoms in total. The van der Waals surface area contributed by atoms with Crippen molar-refractivity contribution in [2.75, 3.05) is 6.61 Å². The van der Waals surface area contributed by atoms with Crippen LogP contribution in [0, 0.1) is 0 Å². The third-order valence-electron chi connectivity index (χ3n) is 2.54. The Morgan fingerprint density at radius 3 is 2.69 bits per heavy atom. The number of aliphatic hydroxyl groups is 1. The first-order valence-corrected chi connectivity index (χ1v) is 5.81. The van der Waals surface area contributed by atoms with E-state index >= 15 is 0 Å². The molecule has 1 aromatic rings. The molecule has 0 fully saturated rings. The summed E-state index contributed by atoms with van der Waals surface area (Å²) in [6.07, 6.45) is 4.75. The van der Waals surface area contributed by atoms with E-state index in [4.69, 9.17) is 5.11 Å². The van der Waals surface area contributed by atoms with Crippen molar-refractivity contribution in [3.8, 4) is 0 Å². The van der Waals surface area contributed by atoms with Gasteiger partial charge in [-0.1, -0.05) is 0 Å². The quantitative estimate of drug-likeness (QED) is 0.798. The highest BCUT2D eigenvalue weighted by Crippen LogP contribution is 2.13. The molecule has 1 heterocycles. The topological polar surface area (TPSA) is 50.1 Å². The van der Waals surface area contributed by atoms with E-state index in [2.05, 4.69) is 44.3 Å². The molecule has 0 amide bonds. The summed E-state index contributed by atoms with van der Waals surface area (Å²) < 4.78 is 1.97. The van der Waals surface area contributed by atoms with Crippen molar-refractivity contribution in [3.63, 3.8) is 0 Å². The van der Waals surface area contributed by atoms with Crippen molar-refractivity contribution in [2.24, 2.45) is 0 Å². The highest BCUT2D eigenvalue weighted by Gasteiger charge is 2.13. The highest BCUT2D eigenvalue weighted by molar-refractivity contribution is 5.05. The Labute approximate surface area is 97.7 Å². The van der Waals surface area contributed by atoms with E-state index in [-0.39, 0.29) is 12.1 Å². The normalized spacial score (nSPS) is 14.1. The molecule has 0 saturated heterocycles. The molecule has 2 N–H and O–H groups in total. The SMILES string of the molecule is C[C@H](CCO)NCc1cnn(C(C)(C)C)c1. The van der Waals surface area contributed by atoms with Gasteiger partial charge in [-0.15, -0.1) is 0 Å². The zero-order valence-corrected chi connectivity index (χ0v) is 10.7. The molecule has 0 aromatic carbocycles. The number of hydrogen-bond donors (Lipinski definition) is 2. The largest absolute Gasteiger partial charge is 0.396 e. The van der Waals surface area contributed by atoms with Crippen LogP contribution in [0.3, 0.4) is 0 Å². The van der Waals surface area contributed by atoms with Crippen LogP contribution in [0.15, 0.2) is 12.4 Å². The molecule has 0 bridgehead atoms. The van der Waals surface area contributed by atoms with Gasteiger partial charge >= 0.3 is 0 Å².